The summed E-state index contributed by atoms with van der Waals surface area (Å²) in [7, 11) is 0. The molecule has 2 aromatic rings. The molecule has 7 heteroatoms. The van der Waals surface area contributed by atoms with E-state index in [-0.39, 0.29) is 18.6 Å². The number of carbonyl (C=O) groups excluding carboxylic acids is 1. The van der Waals surface area contributed by atoms with Gasteiger partial charge in [0.05, 0.1) is 6.04 Å². The van der Waals surface area contributed by atoms with E-state index in [0.717, 1.165) is 11.1 Å². The first-order valence-corrected chi connectivity index (χ1v) is 7.35. The maximum Gasteiger partial charge on any atom is 0.264 e. The van der Waals surface area contributed by atoms with Crippen molar-refractivity contribution >= 4 is 22.4 Å². The monoisotopic (exact) mass is 306 g/mol. The quantitative estimate of drug-likeness (QED) is 0.883. The molecule has 1 amide bonds. The van der Waals surface area contributed by atoms with Gasteiger partial charge in [0, 0.05) is 0 Å². The van der Waals surface area contributed by atoms with Crippen molar-refractivity contribution in [2.75, 3.05) is 11.9 Å². The number of amides is 1. The molecule has 0 saturated heterocycles. The molecule has 1 heterocycles. The number of aryl methyl sites for hydroxylation is 2. The molecule has 0 aliphatic rings. The lowest BCUT2D eigenvalue weighted by molar-refractivity contribution is -0.118. The molecule has 0 spiro atoms. The average molecular weight is 306 g/mol. The van der Waals surface area contributed by atoms with Gasteiger partial charge in [0.15, 0.2) is 6.61 Å². The van der Waals surface area contributed by atoms with Gasteiger partial charge in [-0.15, -0.1) is 10.2 Å². The molecular formula is C14H18N4O2S. The topological polar surface area (TPSA) is 90.1 Å². The molecule has 112 valence electrons. The van der Waals surface area contributed by atoms with Crippen molar-refractivity contribution in [3.8, 4) is 5.75 Å². The summed E-state index contributed by atoms with van der Waals surface area (Å²) < 4.78 is 5.48. The summed E-state index contributed by atoms with van der Waals surface area (Å²) >= 11 is 1.26. The van der Waals surface area contributed by atoms with Crippen LogP contribution >= 0.6 is 11.3 Å². The summed E-state index contributed by atoms with van der Waals surface area (Å²) in [4.78, 5) is 11.8. The van der Waals surface area contributed by atoms with Gasteiger partial charge in [-0.2, -0.15) is 0 Å². The Bertz CT molecular complexity index is 619. The van der Waals surface area contributed by atoms with Gasteiger partial charge in [-0.3, -0.25) is 10.1 Å². The Morgan fingerprint density at radius 3 is 2.57 bits per heavy atom. The molecule has 21 heavy (non-hydrogen) atoms. The zero-order valence-electron chi connectivity index (χ0n) is 12.2. The van der Waals surface area contributed by atoms with Crippen molar-refractivity contribution in [1.82, 2.24) is 10.2 Å². The number of hydrogen-bond acceptors (Lipinski definition) is 6. The zero-order chi connectivity index (χ0) is 15.4. The highest BCUT2D eigenvalue weighted by Crippen LogP contribution is 2.20. The van der Waals surface area contributed by atoms with Gasteiger partial charge in [-0.1, -0.05) is 17.4 Å². The lowest BCUT2D eigenvalue weighted by atomic mass is 10.1. The van der Waals surface area contributed by atoms with E-state index in [9.17, 15) is 4.79 Å². The summed E-state index contributed by atoms with van der Waals surface area (Å²) in [6, 6.07) is 5.63. The van der Waals surface area contributed by atoms with Crippen LogP contribution in [0.3, 0.4) is 0 Å². The Labute approximate surface area is 127 Å². The van der Waals surface area contributed by atoms with E-state index in [1.807, 2.05) is 39.0 Å². The molecule has 0 bridgehead atoms. The average Bonchev–Trinajstić information content (AvgIpc) is 2.84. The van der Waals surface area contributed by atoms with Crippen molar-refractivity contribution in [3.05, 3.63) is 34.3 Å². The van der Waals surface area contributed by atoms with Gasteiger partial charge >= 0.3 is 0 Å². The Morgan fingerprint density at radius 2 is 2.00 bits per heavy atom. The third-order valence-electron chi connectivity index (χ3n) is 2.64. The van der Waals surface area contributed by atoms with Crippen LogP contribution in [-0.2, 0) is 4.79 Å². The van der Waals surface area contributed by atoms with Crippen LogP contribution in [0.15, 0.2) is 18.2 Å². The molecule has 0 aliphatic carbocycles. The number of nitrogens with two attached hydrogens (primary N) is 1. The number of nitrogens with one attached hydrogen (secondary N) is 1. The SMILES string of the molecule is Cc1cc(C)cc(OCC(=O)Nc2nnc(C(C)N)s2)c1. The van der Waals surface area contributed by atoms with Crippen LogP contribution in [0.25, 0.3) is 0 Å². The minimum Gasteiger partial charge on any atom is -0.484 e. The van der Waals surface area contributed by atoms with Crippen molar-refractivity contribution in [2.24, 2.45) is 5.73 Å². The highest BCUT2D eigenvalue weighted by Gasteiger charge is 2.11. The number of nitrogens with zero attached hydrogens (tertiary/aromatic N) is 2. The zero-order valence-corrected chi connectivity index (χ0v) is 13.0. The molecule has 0 aliphatic heterocycles. The smallest absolute Gasteiger partial charge is 0.264 e. The number of hydrogen-bond donors (Lipinski definition) is 2. The van der Waals surface area contributed by atoms with Crippen LogP contribution in [0.4, 0.5) is 5.13 Å². The summed E-state index contributed by atoms with van der Waals surface area (Å²) in [5.74, 6) is 0.401. The van der Waals surface area contributed by atoms with Crippen LogP contribution < -0.4 is 15.8 Å². The molecule has 0 fully saturated rings. The fraction of sp³-hybridized carbons (Fsp3) is 0.357. The Morgan fingerprint density at radius 1 is 1.33 bits per heavy atom. The van der Waals surface area contributed by atoms with Crippen LogP contribution in [0, 0.1) is 13.8 Å². The number of rotatable bonds is 5. The van der Waals surface area contributed by atoms with Crippen molar-refractivity contribution in [2.45, 2.75) is 26.8 Å². The minimum absolute atomic E-state index is 0.0734. The second kappa shape index (κ2) is 6.64. The van der Waals surface area contributed by atoms with Crippen LogP contribution in [0.5, 0.6) is 5.75 Å². The first-order valence-electron chi connectivity index (χ1n) is 6.54. The summed E-state index contributed by atoms with van der Waals surface area (Å²) in [5, 5.41) is 11.5. The lowest BCUT2D eigenvalue weighted by Gasteiger charge is -2.07. The summed E-state index contributed by atoms with van der Waals surface area (Å²) in [6.07, 6.45) is 0. The first-order chi connectivity index (χ1) is 9.94. The van der Waals surface area contributed by atoms with Crippen molar-refractivity contribution in [1.29, 1.82) is 0 Å². The van der Waals surface area contributed by atoms with Gasteiger partial charge in [0.1, 0.15) is 10.8 Å². The number of ether oxygens (including phenoxy) is 1. The van der Waals surface area contributed by atoms with Gasteiger partial charge < -0.3 is 10.5 Å². The second-order valence-corrected chi connectivity index (χ2v) is 5.90. The Kier molecular flexibility index (Phi) is 4.87. The largest absolute Gasteiger partial charge is 0.484 e. The Hall–Kier alpha value is -1.99. The third-order valence-corrected chi connectivity index (χ3v) is 3.68. The van der Waals surface area contributed by atoms with E-state index in [4.69, 9.17) is 10.5 Å². The summed E-state index contributed by atoms with van der Waals surface area (Å²) in [5.41, 5.74) is 7.88. The number of aromatic nitrogens is 2. The predicted molar refractivity (Wildman–Crippen MR) is 82.6 cm³/mol. The minimum atomic E-state index is -0.276. The molecule has 1 aromatic heterocycles. The summed E-state index contributed by atoms with van der Waals surface area (Å²) in [6.45, 7) is 5.71. The number of carbonyl (C=O) groups is 1. The standard InChI is InChI=1S/C14H18N4O2S/c1-8-4-9(2)6-11(5-8)20-7-12(19)16-14-18-17-13(21-14)10(3)15/h4-6,10H,7,15H2,1-3H3,(H,16,18,19). The maximum atomic E-state index is 11.8. The molecule has 0 saturated carbocycles. The maximum absolute atomic E-state index is 11.8. The Balaban J connectivity index is 1.89. The second-order valence-electron chi connectivity index (χ2n) is 4.89. The van der Waals surface area contributed by atoms with E-state index in [2.05, 4.69) is 15.5 Å². The molecule has 1 aromatic carbocycles. The molecule has 1 unspecified atom stereocenters. The van der Waals surface area contributed by atoms with Crippen molar-refractivity contribution in [3.63, 3.8) is 0 Å². The van der Waals surface area contributed by atoms with Gasteiger partial charge in [0.25, 0.3) is 5.91 Å². The normalized spacial score (nSPS) is 12.0. The van der Waals surface area contributed by atoms with E-state index < -0.39 is 0 Å². The van der Waals surface area contributed by atoms with E-state index in [1.165, 1.54) is 11.3 Å². The van der Waals surface area contributed by atoms with Crippen LogP contribution in [-0.4, -0.2) is 22.7 Å². The molecule has 6 nitrogen and oxygen atoms in total. The van der Waals surface area contributed by atoms with E-state index in [0.29, 0.717) is 15.9 Å². The molecule has 0 radical (unpaired) electrons. The van der Waals surface area contributed by atoms with Crippen LogP contribution in [0.2, 0.25) is 0 Å². The van der Waals surface area contributed by atoms with E-state index in [1.54, 1.807) is 0 Å². The van der Waals surface area contributed by atoms with Gasteiger partial charge in [0.2, 0.25) is 5.13 Å². The number of benzene rings is 1. The number of anilines is 1. The third kappa shape index (κ3) is 4.51. The molecule has 3 N–H and O–H groups in total. The molecule has 1 atom stereocenters. The predicted octanol–water partition coefficient (Wildman–Crippen LogP) is 2.19. The highest BCUT2D eigenvalue weighted by molar-refractivity contribution is 7.15. The van der Waals surface area contributed by atoms with Crippen LogP contribution in [0.1, 0.15) is 29.1 Å². The van der Waals surface area contributed by atoms with Gasteiger partial charge in [-0.25, -0.2) is 0 Å². The fourth-order valence-electron chi connectivity index (χ4n) is 1.79. The fourth-order valence-corrected chi connectivity index (χ4v) is 2.50. The lowest BCUT2D eigenvalue weighted by Crippen LogP contribution is -2.20. The van der Waals surface area contributed by atoms with Gasteiger partial charge in [-0.05, 0) is 44.0 Å². The highest BCUT2D eigenvalue weighted by atomic mass is 32.1. The molecular weight excluding hydrogens is 288 g/mol. The first kappa shape index (κ1) is 15.4. The van der Waals surface area contributed by atoms with Crippen molar-refractivity contribution < 1.29 is 9.53 Å². The van der Waals surface area contributed by atoms with E-state index >= 15 is 0 Å². The molecule has 2 rings (SSSR count).